The highest BCUT2D eigenvalue weighted by Gasteiger charge is 2.40. The monoisotopic (exact) mass is 290 g/mol. The van der Waals surface area contributed by atoms with Gasteiger partial charge in [0.15, 0.2) is 0 Å². The number of fused-ring (bicyclic) bond motifs is 1. The van der Waals surface area contributed by atoms with Gasteiger partial charge in [-0.2, -0.15) is 0 Å². The van der Waals surface area contributed by atoms with Gasteiger partial charge in [-0.15, -0.1) is 0 Å². The first kappa shape index (κ1) is 14.7. The Bertz CT molecular complexity index is 437. The van der Waals surface area contributed by atoms with Gasteiger partial charge in [-0.1, -0.05) is 0 Å². The Morgan fingerprint density at radius 3 is 2.63 bits per heavy atom. The summed E-state index contributed by atoms with van der Waals surface area (Å²) in [6.45, 7) is 1.15. The van der Waals surface area contributed by atoms with Gasteiger partial charge in [0.1, 0.15) is 0 Å². The first-order valence-electron chi connectivity index (χ1n) is 6.83. The fraction of sp³-hybridized carbons (Fsp3) is 0.917. The predicted molar refractivity (Wildman–Crippen MR) is 71.0 cm³/mol. The second-order valence-corrected chi connectivity index (χ2v) is 7.81. The van der Waals surface area contributed by atoms with Crippen molar-refractivity contribution in [1.82, 2.24) is 4.31 Å². The average molecular weight is 290 g/mol. The molecule has 110 valence electrons. The van der Waals surface area contributed by atoms with Crippen LogP contribution in [0.25, 0.3) is 0 Å². The number of carboxylic acid groups (broad SMARTS) is 1. The molecular formula is C12H22N2O4S. The third-order valence-corrected chi connectivity index (χ3v) is 6.13. The standard InChI is InChI=1S/C12H22N2O4S/c13-11-4-3-9-7-14(8-10(9)6-11)19(17,18)5-1-2-12(15)16/h9-11H,1-8,13H2,(H,15,16)/t9-,10+,11?/m1/s1. The molecule has 0 spiro atoms. The molecule has 2 aliphatic rings. The Hall–Kier alpha value is -0.660. The Kier molecular flexibility index (Phi) is 4.47. The van der Waals surface area contributed by atoms with E-state index < -0.39 is 16.0 Å². The van der Waals surface area contributed by atoms with E-state index in [0.717, 1.165) is 19.3 Å². The molecule has 0 amide bonds. The van der Waals surface area contributed by atoms with E-state index in [9.17, 15) is 13.2 Å². The van der Waals surface area contributed by atoms with Crippen LogP contribution in [0, 0.1) is 11.8 Å². The molecule has 1 saturated heterocycles. The number of nitrogens with two attached hydrogens (primary N) is 1. The third kappa shape index (κ3) is 3.67. The minimum atomic E-state index is -3.30. The smallest absolute Gasteiger partial charge is 0.303 e. The quantitative estimate of drug-likeness (QED) is 0.755. The number of aliphatic carboxylic acids is 1. The lowest BCUT2D eigenvalue weighted by molar-refractivity contribution is -0.137. The number of nitrogens with zero attached hydrogens (tertiary/aromatic N) is 1. The van der Waals surface area contributed by atoms with Crippen LogP contribution in [0.15, 0.2) is 0 Å². The van der Waals surface area contributed by atoms with Gasteiger partial charge in [0.25, 0.3) is 0 Å². The second kappa shape index (κ2) is 5.76. The molecule has 7 heteroatoms. The van der Waals surface area contributed by atoms with E-state index in [1.165, 1.54) is 0 Å². The molecule has 0 radical (unpaired) electrons. The zero-order valence-electron chi connectivity index (χ0n) is 11.0. The fourth-order valence-corrected chi connectivity index (χ4v) is 4.79. The lowest BCUT2D eigenvalue weighted by Crippen LogP contribution is -2.32. The number of rotatable bonds is 5. The lowest BCUT2D eigenvalue weighted by atomic mass is 9.79. The van der Waals surface area contributed by atoms with Gasteiger partial charge in [-0.05, 0) is 37.5 Å². The largest absolute Gasteiger partial charge is 0.481 e. The van der Waals surface area contributed by atoms with Gasteiger partial charge in [-0.3, -0.25) is 4.79 Å². The predicted octanol–water partition coefficient (Wildman–Crippen LogP) is 0.240. The third-order valence-electron chi connectivity index (χ3n) is 4.24. The van der Waals surface area contributed by atoms with Crippen LogP contribution in [0.4, 0.5) is 0 Å². The highest BCUT2D eigenvalue weighted by Crippen LogP contribution is 2.36. The van der Waals surface area contributed by atoms with Crippen molar-refractivity contribution in [2.45, 2.75) is 38.1 Å². The molecule has 0 aromatic heterocycles. The number of hydrogen-bond donors (Lipinski definition) is 2. The molecule has 1 heterocycles. The number of sulfonamides is 1. The molecule has 0 bridgehead atoms. The Labute approximate surface area is 114 Å². The maximum absolute atomic E-state index is 12.1. The van der Waals surface area contributed by atoms with E-state index in [-0.39, 0.29) is 24.6 Å². The van der Waals surface area contributed by atoms with Crippen LogP contribution < -0.4 is 5.73 Å². The van der Waals surface area contributed by atoms with Crippen LogP contribution >= 0.6 is 0 Å². The molecule has 0 aromatic carbocycles. The van der Waals surface area contributed by atoms with Crippen molar-refractivity contribution < 1.29 is 18.3 Å². The minimum Gasteiger partial charge on any atom is -0.481 e. The summed E-state index contributed by atoms with van der Waals surface area (Å²) in [6.07, 6.45) is 2.99. The molecule has 3 atom stereocenters. The van der Waals surface area contributed by atoms with Crippen LogP contribution in [-0.4, -0.2) is 48.7 Å². The molecule has 6 nitrogen and oxygen atoms in total. The van der Waals surface area contributed by atoms with Gasteiger partial charge < -0.3 is 10.8 Å². The van der Waals surface area contributed by atoms with Crippen molar-refractivity contribution in [3.8, 4) is 0 Å². The average Bonchev–Trinajstić information content (AvgIpc) is 2.71. The van der Waals surface area contributed by atoms with Gasteiger partial charge in [0.05, 0.1) is 5.75 Å². The van der Waals surface area contributed by atoms with Crippen molar-refractivity contribution in [2.75, 3.05) is 18.8 Å². The highest BCUT2D eigenvalue weighted by molar-refractivity contribution is 7.89. The van der Waals surface area contributed by atoms with E-state index in [2.05, 4.69) is 0 Å². The summed E-state index contributed by atoms with van der Waals surface area (Å²) in [7, 11) is -3.30. The Morgan fingerprint density at radius 1 is 1.26 bits per heavy atom. The van der Waals surface area contributed by atoms with E-state index in [1.807, 2.05) is 0 Å². The Morgan fingerprint density at radius 2 is 1.95 bits per heavy atom. The summed E-state index contributed by atoms with van der Waals surface area (Å²) < 4.78 is 25.8. The van der Waals surface area contributed by atoms with Crippen molar-refractivity contribution in [3.63, 3.8) is 0 Å². The Balaban J connectivity index is 1.90. The van der Waals surface area contributed by atoms with E-state index in [0.29, 0.717) is 24.9 Å². The first-order valence-corrected chi connectivity index (χ1v) is 8.44. The first-order chi connectivity index (χ1) is 8.88. The van der Waals surface area contributed by atoms with Gasteiger partial charge in [0.2, 0.25) is 10.0 Å². The molecule has 1 saturated carbocycles. The molecule has 2 fully saturated rings. The summed E-state index contributed by atoms with van der Waals surface area (Å²) >= 11 is 0. The summed E-state index contributed by atoms with van der Waals surface area (Å²) in [5, 5.41) is 8.55. The summed E-state index contributed by atoms with van der Waals surface area (Å²) in [5.41, 5.74) is 5.93. The molecule has 2 rings (SSSR count). The molecule has 0 aromatic rings. The molecule has 1 aliphatic heterocycles. The van der Waals surface area contributed by atoms with Crippen LogP contribution in [0.2, 0.25) is 0 Å². The zero-order chi connectivity index (χ0) is 14.0. The minimum absolute atomic E-state index is 0.0647. The highest BCUT2D eigenvalue weighted by atomic mass is 32.2. The maximum atomic E-state index is 12.1. The molecule has 3 N–H and O–H groups in total. The lowest BCUT2D eigenvalue weighted by Gasteiger charge is -2.28. The van der Waals surface area contributed by atoms with Crippen LogP contribution in [0.1, 0.15) is 32.1 Å². The normalized spacial score (nSPS) is 32.2. The summed E-state index contributed by atoms with van der Waals surface area (Å²) in [5.74, 6) is -0.187. The van der Waals surface area contributed by atoms with E-state index >= 15 is 0 Å². The van der Waals surface area contributed by atoms with Gasteiger partial charge >= 0.3 is 5.97 Å². The van der Waals surface area contributed by atoms with Gasteiger partial charge in [-0.25, -0.2) is 12.7 Å². The van der Waals surface area contributed by atoms with Gasteiger partial charge in [0, 0.05) is 25.6 Å². The number of hydrogen-bond acceptors (Lipinski definition) is 4. The number of carboxylic acids is 1. The fourth-order valence-electron chi connectivity index (χ4n) is 3.19. The topological polar surface area (TPSA) is 101 Å². The summed E-state index contributed by atoms with van der Waals surface area (Å²) in [4.78, 5) is 10.4. The van der Waals surface area contributed by atoms with Crippen molar-refractivity contribution in [1.29, 1.82) is 0 Å². The molecule has 1 aliphatic carbocycles. The molecular weight excluding hydrogens is 268 g/mol. The zero-order valence-corrected chi connectivity index (χ0v) is 11.8. The van der Waals surface area contributed by atoms with Crippen LogP contribution in [-0.2, 0) is 14.8 Å². The summed E-state index contributed by atoms with van der Waals surface area (Å²) in [6, 6.07) is 0.205. The molecule has 19 heavy (non-hydrogen) atoms. The van der Waals surface area contributed by atoms with Crippen molar-refractivity contribution >= 4 is 16.0 Å². The van der Waals surface area contributed by atoms with Crippen molar-refractivity contribution in [2.24, 2.45) is 17.6 Å². The molecule has 1 unspecified atom stereocenters. The van der Waals surface area contributed by atoms with E-state index in [1.54, 1.807) is 4.31 Å². The second-order valence-electron chi connectivity index (χ2n) is 5.72. The SMILES string of the molecule is NC1CC[C@@H]2CN(S(=O)(=O)CCCC(=O)O)C[C@@H]2C1. The number of carbonyl (C=O) groups is 1. The van der Waals surface area contributed by atoms with E-state index in [4.69, 9.17) is 10.8 Å². The van der Waals surface area contributed by atoms with Crippen LogP contribution in [0.5, 0.6) is 0 Å². The van der Waals surface area contributed by atoms with Crippen molar-refractivity contribution in [3.05, 3.63) is 0 Å². The van der Waals surface area contributed by atoms with Crippen LogP contribution in [0.3, 0.4) is 0 Å². The maximum Gasteiger partial charge on any atom is 0.303 e.